The minimum Gasteiger partial charge on any atom is -0.312 e. The summed E-state index contributed by atoms with van der Waals surface area (Å²) in [7, 11) is -3.60. The van der Waals surface area contributed by atoms with Gasteiger partial charge < -0.3 is 5.32 Å². The minimum atomic E-state index is -3.60. The lowest BCUT2D eigenvalue weighted by Gasteiger charge is -2.10. The van der Waals surface area contributed by atoms with Gasteiger partial charge in [0.25, 0.3) is 0 Å². The molecular weight excluding hydrogens is 236 g/mol. The third kappa shape index (κ3) is 4.85. The first-order chi connectivity index (χ1) is 7.93. The number of primary sulfonamides is 1. The molecular formula is C12H20N2O2S. The van der Waals surface area contributed by atoms with Gasteiger partial charge in [0.15, 0.2) is 0 Å². The Hall–Kier alpha value is -0.910. The SMILES string of the molecule is CCC(C)CNCc1cccc(S(N)(=O)=O)c1. The van der Waals surface area contributed by atoms with Crippen LogP contribution in [0.25, 0.3) is 0 Å². The van der Waals surface area contributed by atoms with Crippen molar-refractivity contribution in [2.75, 3.05) is 6.54 Å². The molecule has 17 heavy (non-hydrogen) atoms. The van der Waals surface area contributed by atoms with Crippen molar-refractivity contribution in [2.45, 2.75) is 31.7 Å². The maximum absolute atomic E-state index is 11.2. The van der Waals surface area contributed by atoms with E-state index in [1.54, 1.807) is 12.1 Å². The lowest BCUT2D eigenvalue weighted by atomic mass is 10.1. The van der Waals surface area contributed by atoms with Crippen LogP contribution in [0, 0.1) is 5.92 Å². The highest BCUT2D eigenvalue weighted by Crippen LogP contribution is 2.09. The molecule has 0 saturated heterocycles. The molecule has 1 aromatic carbocycles. The average Bonchev–Trinajstić information content (AvgIpc) is 2.28. The Bertz CT molecular complexity index is 457. The predicted octanol–water partition coefficient (Wildman–Crippen LogP) is 1.47. The Morgan fingerprint density at radius 2 is 2.12 bits per heavy atom. The molecule has 1 atom stereocenters. The molecule has 5 heteroatoms. The lowest BCUT2D eigenvalue weighted by Crippen LogP contribution is -2.20. The highest BCUT2D eigenvalue weighted by Gasteiger charge is 2.07. The van der Waals surface area contributed by atoms with Gasteiger partial charge in [-0.3, -0.25) is 0 Å². The van der Waals surface area contributed by atoms with E-state index < -0.39 is 10.0 Å². The van der Waals surface area contributed by atoms with Crippen LogP contribution in [-0.4, -0.2) is 15.0 Å². The summed E-state index contributed by atoms with van der Waals surface area (Å²) in [6.45, 7) is 5.91. The zero-order valence-corrected chi connectivity index (χ0v) is 11.1. The van der Waals surface area contributed by atoms with Crippen molar-refractivity contribution in [1.82, 2.24) is 5.32 Å². The number of hydrogen-bond acceptors (Lipinski definition) is 3. The van der Waals surface area contributed by atoms with Crippen molar-refractivity contribution >= 4 is 10.0 Å². The summed E-state index contributed by atoms with van der Waals surface area (Å²) in [5.41, 5.74) is 0.930. The predicted molar refractivity (Wildman–Crippen MR) is 69.0 cm³/mol. The topological polar surface area (TPSA) is 72.2 Å². The first kappa shape index (κ1) is 14.2. The van der Waals surface area contributed by atoms with Gasteiger partial charge in [-0.1, -0.05) is 32.4 Å². The van der Waals surface area contributed by atoms with Gasteiger partial charge in [0.2, 0.25) is 10.0 Å². The molecule has 0 bridgehead atoms. The molecule has 0 aliphatic rings. The summed E-state index contributed by atoms with van der Waals surface area (Å²) in [6.07, 6.45) is 1.13. The Kier molecular flexibility index (Phi) is 5.11. The monoisotopic (exact) mass is 256 g/mol. The van der Waals surface area contributed by atoms with Crippen LogP contribution in [0.15, 0.2) is 29.2 Å². The van der Waals surface area contributed by atoms with E-state index in [2.05, 4.69) is 19.2 Å². The van der Waals surface area contributed by atoms with Crippen molar-refractivity contribution in [3.8, 4) is 0 Å². The van der Waals surface area contributed by atoms with E-state index in [4.69, 9.17) is 5.14 Å². The number of nitrogens with two attached hydrogens (primary N) is 1. The Labute approximate surface area is 103 Å². The van der Waals surface area contributed by atoms with Crippen LogP contribution in [0.5, 0.6) is 0 Å². The summed E-state index contributed by atoms with van der Waals surface area (Å²) < 4.78 is 22.3. The molecule has 0 aromatic heterocycles. The van der Waals surface area contributed by atoms with Crippen molar-refractivity contribution in [2.24, 2.45) is 11.1 Å². The largest absolute Gasteiger partial charge is 0.312 e. The van der Waals surface area contributed by atoms with E-state index in [9.17, 15) is 8.42 Å². The molecule has 0 aliphatic carbocycles. The van der Waals surface area contributed by atoms with Crippen molar-refractivity contribution in [3.05, 3.63) is 29.8 Å². The van der Waals surface area contributed by atoms with Crippen LogP contribution in [0.3, 0.4) is 0 Å². The van der Waals surface area contributed by atoms with E-state index in [-0.39, 0.29) is 4.90 Å². The molecule has 0 spiro atoms. The van der Waals surface area contributed by atoms with Gasteiger partial charge >= 0.3 is 0 Å². The van der Waals surface area contributed by atoms with Gasteiger partial charge in [0, 0.05) is 6.54 Å². The molecule has 1 rings (SSSR count). The number of rotatable bonds is 6. The molecule has 0 radical (unpaired) electrons. The first-order valence-corrected chi connectivity index (χ1v) is 7.30. The molecule has 96 valence electrons. The minimum absolute atomic E-state index is 0.167. The molecule has 1 unspecified atom stereocenters. The van der Waals surface area contributed by atoms with E-state index >= 15 is 0 Å². The summed E-state index contributed by atoms with van der Waals surface area (Å²) in [5.74, 6) is 0.622. The third-order valence-corrected chi connectivity index (χ3v) is 3.66. The van der Waals surface area contributed by atoms with Crippen LogP contribution >= 0.6 is 0 Å². The Morgan fingerprint density at radius 1 is 1.41 bits per heavy atom. The standard InChI is InChI=1S/C12H20N2O2S/c1-3-10(2)8-14-9-11-5-4-6-12(7-11)17(13,15)16/h4-7,10,14H,3,8-9H2,1-2H3,(H2,13,15,16). The van der Waals surface area contributed by atoms with Crippen molar-refractivity contribution < 1.29 is 8.42 Å². The molecule has 0 saturated carbocycles. The quantitative estimate of drug-likeness (QED) is 0.809. The maximum Gasteiger partial charge on any atom is 0.238 e. The lowest BCUT2D eigenvalue weighted by molar-refractivity contribution is 0.499. The average molecular weight is 256 g/mol. The highest BCUT2D eigenvalue weighted by molar-refractivity contribution is 7.89. The Balaban J connectivity index is 2.61. The fourth-order valence-electron chi connectivity index (χ4n) is 1.44. The fraction of sp³-hybridized carbons (Fsp3) is 0.500. The van der Waals surface area contributed by atoms with E-state index in [1.807, 2.05) is 6.07 Å². The zero-order valence-electron chi connectivity index (χ0n) is 10.3. The molecule has 1 aromatic rings. The van der Waals surface area contributed by atoms with Crippen LogP contribution in [0.1, 0.15) is 25.8 Å². The second-order valence-corrected chi connectivity index (χ2v) is 5.90. The van der Waals surface area contributed by atoms with Crippen molar-refractivity contribution in [1.29, 1.82) is 0 Å². The molecule has 0 fully saturated rings. The normalized spacial score (nSPS) is 13.6. The molecule has 4 nitrogen and oxygen atoms in total. The molecule has 0 heterocycles. The second-order valence-electron chi connectivity index (χ2n) is 4.34. The summed E-state index contributed by atoms with van der Waals surface area (Å²) in [5, 5.41) is 8.37. The van der Waals surface area contributed by atoms with Gasteiger partial charge in [0.1, 0.15) is 0 Å². The highest BCUT2D eigenvalue weighted by atomic mass is 32.2. The van der Waals surface area contributed by atoms with Gasteiger partial charge in [-0.15, -0.1) is 0 Å². The zero-order chi connectivity index (χ0) is 12.9. The van der Waals surface area contributed by atoms with Gasteiger partial charge in [-0.25, -0.2) is 13.6 Å². The third-order valence-electron chi connectivity index (χ3n) is 2.75. The second kappa shape index (κ2) is 6.14. The van der Waals surface area contributed by atoms with Crippen LogP contribution < -0.4 is 10.5 Å². The molecule has 3 N–H and O–H groups in total. The molecule has 0 amide bonds. The first-order valence-electron chi connectivity index (χ1n) is 5.76. The summed E-state index contributed by atoms with van der Waals surface area (Å²) in [6, 6.07) is 6.71. The maximum atomic E-state index is 11.2. The smallest absolute Gasteiger partial charge is 0.238 e. The number of sulfonamides is 1. The summed E-state index contributed by atoms with van der Waals surface area (Å²) >= 11 is 0. The van der Waals surface area contributed by atoms with Crippen LogP contribution in [-0.2, 0) is 16.6 Å². The molecule has 0 aliphatic heterocycles. The van der Waals surface area contributed by atoms with Gasteiger partial charge in [0.05, 0.1) is 4.90 Å². The number of nitrogens with one attached hydrogen (secondary N) is 1. The van der Waals surface area contributed by atoms with E-state index in [0.29, 0.717) is 12.5 Å². The van der Waals surface area contributed by atoms with E-state index in [1.165, 1.54) is 6.07 Å². The van der Waals surface area contributed by atoms with Gasteiger partial charge in [-0.05, 0) is 30.2 Å². The van der Waals surface area contributed by atoms with Gasteiger partial charge in [-0.2, -0.15) is 0 Å². The Morgan fingerprint density at radius 3 is 2.71 bits per heavy atom. The summed E-state index contributed by atoms with van der Waals surface area (Å²) in [4.78, 5) is 0.167. The van der Waals surface area contributed by atoms with Crippen LogP contribution in [0.2, 0.25) is 0 Å². The van der Waals surface area contributed by atoms with E-state index in [0.717, 1.165) is 18.5 Å². The van der Waals surface area contributed by atoms with Crippen LogP contribution in [0.4, 0.5) is 0 Å². The number of hydrogen-bond donors (Lipinski definition) is 2. The van der Waals surface area contributed by atoms with Crippen molar-refractivity contribution in [3.63, 3.8) is 0 Å². The number of benzene rings is 1. The fourth-order valence-corrected chi connectivity index (χ4v) is 2.02.